The molecule has 34 heavy (non-hydrogen) atoms. The maximum atomic E-state index is 12.3. The summed E-state index contributed by atoms with van der Waals surface area (Å²) in [6.07, 6.45) is 4.42. The van der Waals surface area contributed by atoms with Crippen molar-refractivity contribution in [3.63, 3.8) is 0 Å². The summed E-state index contributed by atoms with van der Waals surface area (Å²) >= 11 is 1.66. The zero-order valence-electron chi connectivity index (χ0n) is 20.4. The van der Waals surface area contributed by atoms with Gasteiger partial charge in [0.25, 0.3) is 0 Å². The number of nitrogens with one attached hydrogen (secondary N) is 1. The summed E-state index contributed by atoms with van der Waals surface area (Å²) in [5, 5.41) is 3.04. The molecule has 0 bridgehead atoms. The van der Waals surface area contributed by atoms with Gasteiger partial charge in [-0.15, -0.1) is 11.8 Å². The molecule has 4 rings (SSSR count). The van der Waals surface area contributed by atoms with Gasteiger partial charge in [0.2, 0.25) is 5.91 Å². The van der Waals surface area contributed by atoms with Crippen LogP contribution in [0.5, 0.6) is 0 Å². The zero-order valence-corrected chi connectivity index (χ0v) is 21.3. The van der Waals surface area contributed by atoms with E-state index in [9.17, 15) is 4.79 Å². The number of carbonyl (C=O) groups is 1. The van der Waals surface area contributed by atoms with E-state index in [-0.39, 0.29) is 5.91 Å². The third-order valence-corrected chi connectivity index (χ3v) is 7.51. The van der Waals surface area contributed by atoms with Crippen LogP contribution in [0.25, 0.3) is 11.3 Å². The topological polar surface area (TPSA) is 45.5 Å². The van der Waals surface area contributed by atoms with Gasteiger partial charge in [-0.25, -0.2) is 0 Å². The van der Waals surface area contributed by atoms with Gasteiger partial charge in [-0.3, -0.25) is 9.69 Å². The predicted octanol–water partition coefficient (Wildman–Crippen LogP) is 6.01. The molecular weight excluding hydrogens is 440 g/mol. The summed E-state index contributed by atoms with van der Waals surface area (Å²) in [4.78, 5) is 14.8. The molecule has 3 aromatic rings. The van der Waals surface area contributed by atoms with E-state index in [0.717, 1.165) is 42.2 Å². The van der Waals surface area contributed by atoms with Gasteiger partial charge in [0, 0.05) is 35.5 Å². The van der Waals surface area contributed by atoms with Gasteiger partial charge in [0.05, 0.1) is 5.75 Å². The Balaban J connectivity index is 1.30. The lowest BCUT2D eigenvalue weighted by Crippen LogP contribution is -2.27. The van der Waals surface area contributed by atoms with Crippen molar-refractivity contribution in [2.75, 3.05) is 25.4 Å². The minimum Gasteiger partial charge on any atom is -0.461 e. The van der Waals surface area contributed by atoms with Crippen LogP contribution in [-0.4, -0.2) is 36.2 Å². The monoisotopic (exact) mass is 476 g/mol. The van der Waals surface area contributed by atoms with Crippen LogP contribution in [0.2, 0.25) is 0 Å². The second-order valence-corrected chi connectivity index (χ2v) is 10.0. The molecule has 180 valence electrons. The second kappa shape index (κ2) is 12.3. The molecule has 2 heterocycles. The maximum Gasteiger partial charge on any atom is 0.230 e. The van der Waals surface area contributed by atoms with Gasteiger partial charge in [-0.2, -0.15) is 0 Å². The highest BCUT2D eigenvalue weighted by atomic mass is 32.2. The summed E-state index contributed by atoms with van der Waals surface area (Å²) < 4.78 is 6.24. The molecule has 0 spiro atoms. The minimum absolute atomic E-state index is 0.0916. The lowest BCUT2D eigenvalue weighted by molar-refractivity contribution is -0.118. The fourth-order valence-electron chi connectivity index (χ4n) is 4.67. The van der Waals surface area contributed by atoms with Gasteiger partial charge in [-0.1, -0.05) is 61.5 Å². The number of hydrogen-bond acceptors (Lipinski definition) is 4. The summed E-state index contributed by atoms with van der Waals surface area (Å²) in [7, 11) is 0. The Kier molecular flexibility index (Phi) is 8.89. The number of nitrogens with zero attached hydrogens (tertiary/aromatic N) is 1. The first-order valence-electron chi connectivity index (χ1n) is 12.4. The fourth-order valence-corrected chi connectivity index (χ4v) is 5.64. The van der Waals surface area contributed by atoms with Crippen molar-refractivity contribution in [1.29, 1.82) is 0 Å². The number of rotatable bonds is 11. The highest BCUT2D eigenvalue weighted by Crippen LogP contribution is 2.34. The number of carbonyl (C=O) groups excluding carboxylic acids is 1. The molecule has 0 aliphatic carbocycles. The third-order valence-electron chi connectivity index (χ3n) is 6.55. The van der Waals surface area contributed by atoms with Crippen molar-refractivity contribution in [1.82, 2.24) is 10.2 Å². The summed E-state index contributed by atoms with van der Waals surface area (Å²) in [5.41, 5.74) is 6.25. The molecule has 2 aromatic carbocycles. The molecule has 1 fully saturated rings. The first-order valence-corrected chi connectivity index (χ1v) is 13.6. The van der Waals surface area contributed by atoms with Crippen LogP contribution in [0.1, 0.15) is 47.8 Å². The van der Waals surface area contributed by atoms with E-state index in [2.05, 4.69) is 53.5 Å². The largest absolute Gasteiger partial charge is 0.461 e. The Morgan fingerprint density at radius 1 is 1.00 bits per heavy atom. The molecule has 0 atom stereocenters. The number of furan rings is 1. The molecular formula is C29H36N2O2S. The van der Waals surface area contributed by atoms with Crippen LogP contribution in [-0.2, 0) is 29.9 Å². The van der Waals surface area contributed by atoms with E-state index in [0.29, 0.717) is 12.3 Å². The SMILES string of the molecule is CCc1c(-c2ccc(CN3CCCC3)cc2)oc(C)c1CSCC(=O)NCCc1ccccc1. The van der Waals surface area contributed by atoms with Crippen molar-refractivity contribution in [2.45, 2.75) is 51.8 Å². The molecule has 1 N–H and O–H groups in total. The highest BCUT2D eigenvalue weighted by Gasteiger charge is 2.19. The first kappa shape index (κ1) is 24.6. The normalized spacial score (nSPS) is 13.9. The van der Waals surface area contributed by atoms with Crippen molar-refractivity contribution in [2.24, 2.45) is 0 Å². The Bertz CT molecular complexity index is 1050. The molecule has 4 nitrogen and oxygen atoms in total. The van der Waals surface area contributed by atoms with Crippen LogP contribution >= 0.6 is 11.8 Å². The third kappa shape index (κ3) is 6.55. The fraction of sp³-hybridized carbons (Fsp3) is 0.414. The van der Waals surface area contributed by atoms with Crippen LogP contribution in [0.4, 0.5) is 0 Å². The number of benzene rings is 2. The number of thioether (sulfide) groups is 1. The Hall–Kier alpha value is -2.50. The lowest BCUT2D eigenvalue weighted by Gasteiger charge is -2.14. The van der Waals surface area contributed by atoms with Crippen molar-refractivity contribution in [3.05, 3.63) is 82.6 Å². The standard InChI is InChI=1S/C29H36N2O2S/c1-3-26-27(20-34-21-28(32)30-16-15-23-9-5-4-6-10-23)22(2)33-29(26)25-13-11-24(12-14-25)19-31-17-7-8-18-31/h4-6,9-14H,3,7-8,15-21H2,1-2H3,(H,30,32). The van der Waals surface area contributed by atoms with Crippen LogP contribution < -0.4 is 5.32 Å². The number of hydrogen-bond donors (Lipinski definition) is 1. The van der Waals surface area contributed by atoms with E-state index in [1.807, 2.05) is 25.1 Å². The average molecular weight is 477 g/mol. The lowest BCUT2D eigenvalue weighted by atomic mass is 10.0. The van der Waals surface area contributed by atoms with Gasteiger partial charge in [0.1, 0.15) is 11.5 Å². The van der Waals surface area contributed by atoms with Crippen LogP contribution in [0.3, 0.4) is 0 Å². The summed E-state index contributed by atoms with van der Waals surface area (Å²) in [6.45, 7) is 8.36. The molecule has 0 unspecified atom stereocenters. The van der Waals surface area contributed by atoms with Gasteiger partial charge < -0.3 is 9.73 Å². The van der Waals surface area contributed by atoms with Crippen LogP contribution in [0.15, 0.2) is 59.0 Å². The molecule has 0 radical (unpaired) electrons. The number of amides is 1. The average Bonchev–Trinajstić information content (AvgIpc) is 3.48. The number of aryl methyl sites for hydroxylation is 1. The summed E-state index contributed by atoms with van der Waals surface area (Å²) in [6, 6.07) is 19.1. The van der Waals surface area contributed by atoms with E-state index < -0.39 is 0 Å². The van der Waals surface area contributed by atoms with E-state index >= 15 is 0 Å². The van der Waals surface area contributed by atoms with Gasteiger partial charge in [-0.05, 0) is 56.8 Å². The molecule has 1 amide bonds. The Morgan fingerprint density at radius 3 is 2.44 bits per heavy atom. The van der Waals surface area contributed by atoms with Crippen LogP contribution in [0, 0.1) is 6.92 Å². The van der Waals surface area contributed by atoms with E-state index in [1.165, 1.54) is 48.2 Å². The molecule has 1 saturated heterocycles. The van der Waals surface area contributed by atoms with E-state index in [4.69, 9.17) is 4.42 Å². The molecule has 1 aliphatic heterocycles. The van der Waals surface area contributed by atoms with Crippen molar-refractivity contribution >= 4 is 17.7 Å². The smallest absolute Gasteiger partial charge is 0.230 e. The maximum absolute atomic E-state index is 12.3. The Labute approximate surface area is 208 Å². The van der Waals surface area contributed by atoms with Crippen molar-refractivity contribution in [3.8, 4) is 11.3 Å². The highest BCUT2D eigenvalue weighted by molar-refractivity contribution is 7.99. The molecule has 1 aliphatic rings. The van der Waals surface area contributed by atoms with Gasteiger partial charge in [0.15, 0.2) is 0 Å². The number of likely N-dealkylation sites (tertiary alicyclic amines) is 1. The minimum atomic E-state index is 0.0916. The predicted molar refractivity (Wildman–Crippen MR) is 142 cm³/mol. The van der Waals surface area contributed by atoms with Crippen molar-refractivity contribution < 1.29 is 9.21 Å². The Morgan fingerprint density at radius 2 is 1.74 bits per heavy atom. The van der Waals surface area contributed by atoms with Gasteiger partial charge >= 0.3 is 0 Å². The second-order valence-electron chi connectivity index (χ2n) is 9.06. The molecule has 5 heteroatoms. The molecule has 1 aromatic heterocycles. The molecule has 0 saturated carbocycles. The summed E-state index contributed by atoms with van der Waals surface area (Å²) in [5.74, 6) is 3.29. The quantitative estimate of drug-likeness (QED) is 0.368. The zero-order chi connectivity index (χ0) is 23.8. The first-order chi connectivity index (χ1) is 16.6. The van der Waals surface area contributed by atoms with E-state index in [1.54, 1.807) is 11.8 Å².